The van der Waals surface area contributed by atoms with E-state index in [2.05, 4.69) is 5.32 Å². The maximum atomic E-state index is 13.0. The van der Waals surface area contributed by atoms with E-state index in [4.69, 9.17) is 0 Å². The number of hydrogen-bond acceptors (Lipinski definition) is 5. The molecular weight excluding hydrogens is 389 g/mol. The second-order valence-electron chi connectivity index (χ2n) is 6.19. The second kappa shape index (κ2) is 7.13. The molecule has 0 radical (unpaired) electrons. The van der Waals surface area contributed by atoms with Gasteiger partial charge in [-0.25, -0.2) is 12.8 Å². The van der Waals surface area contributed by atoms with Crippen LogP contribution in [-0.4, -0.2) is 56.0 Å². The quantitative estimate of drug-likeness (QED) is 0.756. The lowest BCUT2D eigenvalue weighted by molar-refractivity contribution is -0.116. The number of rotatable bonds is 5. The predicted molar refractivity (Wildman–Crippen MR) is 97.7 cm³/mol. The monoisotopic (exact) mass is 405 g/mol. The highest BCUT2D eigenvalue weighted by Crippen LogP contribution is 2.24. The summed E-state index contributed by atoms with van der Waals surface area (Å²) in [5, 5.41) is 2.50. The van der Waals surface area contributed by atoms with Gasteiger partial charge in [0.05, 0.1) is 22.6 Å². The van der Waals surface area contributed by atoms with Gasteiger partial charge < -0.3 is 5.32 Å². The highest BCUT2D eigenvalue weighted by Gasteiger charge is 2.33. The fourth-order valence-corrected chi connectivity index (χ4v) is 3.84. The molecule has 0 aliphatic carbocycles. The number of nitrogens with one attached hydrogen (secondary N) is 1. The minimum Gasteiger partial charge on any atom is -0.325 e. The lowest BCUT2D eigenvalue weighted by atomic mass is 10.1. The predicted octanol–water partition coefficient (Wildman–Crippen LogP) is 1.31. The number of likely N-dealkylation sites (N-methyl/N-ethyl adjacent to an activating group) is 1. The van der Waals surface area contributed by atoms with Crippen molar-refractivity contribution < 1.29 is 27.2 Å². The summed E-state index contributed by atoms with van der Waals surface area (Å²) in [5.74, 6) is -2.12. The van der Waals surface area contributed by atoms with Gasteiger partial charge in [-0.05, 0) is 42.5 Å². The molecule has 1 heterocycles. The van der Waals surface area contributed by atoms with Crippen LogP contribution in [0.2, 0.25) is 0 Å². The van der Waals surface area contributed by atoms with Gasteiger partial charge in [-0.3, -0.25) is 19.3 Å². The molecule has 3 rings (SSSR count). The Morgan fingerprint density at radius 1 is 1.07 bits per heavy atom. The fourth-order valence-electron chi connectivity index (χ4n) is 2.71. The average molecular weight is 405 g/mol. The largest absolute Gasteiger partial charge is 0.325 e. The number of nitrogens with zero attached hydrogens (tertiary/aromatic N) is 2. The van der Waals surface area contributed by atoms with E-state index in [0.717, 1.165) is 33.5 Å². The minimum absolute atomic E-state index is 0.145. The van der Waals surface area contributed by atoms with E-state index in [1.54, 1.807) is 0 Å². The molecule has 1 aliphatic heterocycles. The molecule has 0 spiro atoms. The van der Waals surface area contributed by atoms with Crippen molar-refractivity contribution in [1.82, 2.24) is 9.21 Å². The Hall–Kier alpha value is -3.11. The van der Waals surface area contributed by atoms with Crippen molar-refractivity contribution in [3.63, 3.8) is 0 Å². The molecule has 28 heavy (non-hydrogen) atoms. The molecule has 2 aromatic rings. The van der Waals surface area contributed by atoms with Crippen molar-refractivity contribution >= 4 is 33.4 Å². The maximum absolute atomic E-state index is 13.0. The summed E-state index contributed by atoms with van der Waals surface area (Å²) in [4.78, 5) is 36.9. The number of imide groups is 1. The summed E-state index contributed by atoms with van der Waals surface area (Å²) in [6.07, 6.45) is 0. The van der Waals surface area contributed by atoms with Crippen molar-refractivity contribution in [2.75, 3.05) is 26.0 Å². The summed E-state index contributed by atoms with van der Waals surface area (Å²) < 4.78 is 38.7. The van der Waals surface area contributed by atoms with Crippen molar-refractivity contribution in [1.29, 1.82) is 0 Å². The van der Waals surface area contributed by atoms with E-state index in [0.29, 0.717) is 0 Å². The van der Waals surface area contributed by atoms with Crippen molar-refractivity contribution in [3.05, 3.63) is 59.4 Å². The van der Waals surface area contributed by atoms with Crippen LogP contribution in [0.25, 0.3) is 0 Å². The second-order valence-corrected chi connectivity index (χ2v) is 8.24. The zero-order chi connectivity index (χ0) is 20.6. The summed E-state index contributed by atoms with van der Waals surface area (Å²) in [6, 6.07) is 8.49. The Morgan fingerprint density at radius 2 is 1.68 bits per heavy atom. The number of sulfonamides is 1. The molecule has 0 fully saturated rings. The lowest BCUT2D eigenvalue weighted by Crippen LogP contribution is -2.35. The van der Waals surface area contributed by atoms with Crippen molar-refractivity contribution in [2.24, 2.45) is 0 Å². The first-order valence-corrected chi connectivity index (χ1v) is 9.53. The molecule has 0 saturated carbocycles. The highest BCUT2D eigenvalue weighted by molar-refractivity contribution is 7.89. The lowest BCUT2D eigenvalue weighted by Gasteiger charge is -2.17. The van der Waals surface area contributed by atoms with Gasteiger partial charge in [0.15, 0.2) is 0 Å². The summed E-state index contributed by atoms with van der Waals surface area (Å²) in [7, 11) is -1.40. The van der Waals surface area contributed by atoms with Crippen LogP contribution in [0.3, 0.4) is 0 Å². The highest BCUT2D eigenvalue weighted by atomic mass is 32.2. The van der Waals surface area contributed by atoms with Gasteiger partial charge in [0.2, 0.25) is 15.9 Å². The van der Waals surface area contributed by atoms with Crippen molar-refractivity contribution in [2.45, 2.75) is 4.90 Å². The van der Waals surface area contributed by atoms with Crippen LogP contribution in [0, 0.1) is 5.82 Å². The molecule has 146 valence electrons. The SMILES string of the molecule is CN1C(=O)c2ccc(NC(=O)CN(C)S(=O)(=O)c3ccc(F)cc3)cc2C1=O. The Balaban J connectivity index is 1.72. The van der Waals surface area contributed by atoms with Gasteiger partial charge in [-0.2, -0.15) is 4.31 Å². The third-order valence-electron chi connectivity index (χ3n) is 4.26. The Kier molecular flexibility index (Phi) is 5.01. The summed E-state index contributed by atoms with van der Waals surface area (Å²) in [6.45, 7) is -0.496. The van der Waals surface area contributed by atoms with Gasteiger partial charge in [0, 0.05) is 19.8 Å². The zero-order valence-electron chi connectivity index (χ0n) is 15.0. The van der Waals surface area contributed by atoms with Crippen LogP contribution < -0.4 is 5.32 Å². The minimum atomic E-state index is -3.98. The van der Waals surface area contributed by atoms with E-state index in [-0.39, 0.29) is 21.7 Å². The normalized spacial score (nSPS) is 13.8. The average Bonchev–Trinajstić information content (AvgIpc) is 2.86. The Morgan fingerprint density at radius 3 is 2.32 bits per heavy atom. The number of amides is 3. The molecule has 0 aromatic heterocycles. The third-order valence-corrected chi connectivity index (χ3v) is 6.08. The van der Waals surface area contributed by atoms with Crippen LogP contribution in [-0.2, 0) is 14.8 Å². The molecule has 0 atom stereocenters. The molecule has 3 amide bonds. The van der Waals surface area contributed by atoms with Crippen LogP contribution in [0.5, 0.6) is 0 Å². The molecule has 8 nitrogen and oxygen atoms in total. The molecule has 0 saturated heterocycles. The smallest absolute Gasteiger partial charge is 0.261 e. The molecule has 1 aliphatic rings. The molecule has 0 bridgehead atoms. The van der Waals surface area contributed by atoms with E-state index in [9.17, 15) is 27.2 Å². The number of fused-ring (bicyclic) bond motifs is 1. The molecule has 1 N–H and O–H groups in total. The molecular formula is C18H16FN3O5S. The standard InChI is InChI=1S/C18H16FN3O5S/c1-21(28(26,27)13-6-3-11(19)4-7-13)10-16(23)20-12-5-8-14-15(9-12)18(25)22(2)17(14)24/h3-9H,10H2,1-2H3,(H,20,23). The van der Waals surface area contributed by atoms with Crippen LogP contribution >= 0.6 is 0 Å². The van der Waals surface area contributed by atoms with E-state index >= 15 is 0 Å². The van der Waals surface area contributed by atoms with Crippen LogP contribution in [0.4, 0.5) is 10.1 Å². The van der Waals surface area contributed by atoms with Gasteiger partial charge >= 0.3 is 0 Å². The number of carbonyl (C=O) groups is 3. The first kappa shape index (κ1) is 19.6. The summed E-state index contributed by atoms with van der Waals surface area (Å²) in [5.41, 5.74) is 0.659. The van der Waals surface area contributed by atoms with Gasteiger partial charge in [-0.15, -0.1) is 0 Å². The Labute approximate surface area is 160 Å². The number of benzene rings is 2. The fraction of sp³-hybridized carbons (Fsp3) is 0.167. The van der Waals surface area contributed by atoms with E-state index in [1.807, 2.05) is 0 Å². The van der Waals surface area contributed by atoms with E-state index < -0.39 is 40.1 Å². The maximum Gasteiger partial charge on any atom is 0.261 e. The van der Waals surface area contributed by atoms with Gasteiger partial charge in [0.25, 0.3) is 11.8 Å². The molecule has 2 aromatic carbocycles. The van der Waals surface area contributed by atoms with Crippen molar-refractivity contribution in [3.8, 4) is 0 Å². The van der Waals surface area contributed by atoms with Gasteiger partial charge in [-0.1, -0.05) is 0 Å². The number of carbonyl (C=O) groups excluding carboxylic acids is 3. The Bertz CT molecular complexity index is 1080. The van der Waals surface area contributed by atoms with Gasteiger partial charge in [0.1, 0.15) is 5.82 Å². The summed E-state index contributed by atoms with van der Waals surface area (Å²) >= 11 is 0. The first-order chi connectivity index (χ1) is 13.1. The third kappa shape index (κ3) is 3.51. The zero-order valence-corrected chi connectivity index (χ0v) is 15.8. The van der Waals surface area contributed by atoms with E-state index in [1.165, 1.54) is 32.3 Å². The first-order valence-electron chi connectivity index (χ1n) is 8.09. The number of hydrogen-bond donors (Lipinski definition) is 1. The molecule has 0 unspecified atom stereocenters. The molecule has 10 heteroatoms. The topological polar surface area (TPSA) is 104 Å². The van der Waals surface area contributed by atoms with Crippen LogP contribution in [0.1, 0.15) is 20.7 Å². The number of anilines is 1. The number of halogens is 1. The van der Waals surface area contributed by atoms with Crippen LogP contribution in [0.15, 0.2) is 47.4 Å².